The predicted octanol–water partition coefficient (Wildman–Crippen LogP) is 1.54. The Morgan fingerprint density at radius 2 is 2.11 bits per heavy atom. The van der Waals surface area contributed by atoms with Gasteiger partial charge in [-0.25, -0.2) is 0 Å². The minimum Gasteiger partial charge on any atom is -0.350 e. The molecule has 1 rings (SSSR count). The largest absolute Gasteiger partial charge is 0.350 e. The zero-order valence-electron chi connectivity index (χ0n) is 11.5. The number of nitrogens with one attached hydrogen (secondary N) is 2. The first-order valence-corrected chi connectivity index (χ1v) is 7.23. The molecule has 0 aliphatic heterocycles. The molecule has 1 aromatic heterocycles. The predicted molar refractivity (Wildman–Crippen MR) is 77.2 cm³/mol. The lowest BCUT2D eigenvalue weighted by Gasteiger charge is -2.10. The molecule has 0 saturated carbocycles. The van der Waals surface area contributed by atoms with Crippen LogP contribution in [0, 0.1) is 0 Å². The minimum absolute atomic E-state index is 0.0418. The number of nitrogens with zero attached hydrogens (tertiary/aromatic N) is 1. The minimum atomic E-state index is 0.0418. The van der Waals surface area contributed by atoms with Gasteiger partial charge in [0.15, 0.2) is 0 Å². The molecule has 0 aromatic carbocycles. The number of amides is 1. The van der Waals surface area contributed by atoms with Crippen LogP contribution in [0.4, 0.5) is 0 Å². The third-order valence-corrected chi connectivity index (χ3v) is 3.41. The molecule has 1 amide bonds. The Hall–Kier alpha value is -0.910. The van der Waals surface area contributed by atoms with E-state index in [1.54, 1.807) is 0 Å². The molecule has 18 heavy (non-hydrogen) atoms. The molecule has 102 valence electrons. The Bertz CT molecular complexity index is 363. The molecular weight excluding hydrogens is 246 g/mol. The lowest BCUT2D eigenvalue weighted by molar-refractivity contribution is 0.0956. The van der Waals surface area contributed by atoms with Crippen molar-refractivity contribution in [2.75, 3.05) is 33.7 Å². The van der Waals surface area contributed by atoms with Crippen LogP contribution in [0.5, 0.6) is 0 Å². The van der Waals surface area contributed by atoms with Crippen molar-refractivity contribution in [3.8, 4) is 0 Å². The summed E-state index contributed by atoms with van der Waals surface area (Å²) in [6.07, 6.45) is 1.12. The zero-order valence-corrected chi connectivity index (χ0v) is 12.3. The van der Waals surface area contributed by atoms with Crippen LogP contribution in [0.1, 0.15) is 28.6 Å². The van der Waals surface area contributed by atoms with Gasteiger partial charge in [-0.3, -0.25) is 4.79 Å². The molecule has 0 aliphatic carbocycles. The number of carbonyl (C=O) groups is 1. The maximum atomic E-state index is 12.0. The van der Waals surface area contributed by atoms with Crippen LogP contribution in [0.3, 0.4) is 0 Å². The van der Waals surface area contributed by atoms with Crippen molar-refractivity contribution in [3.63, 3.8) is 0 Å². The summed E-state index contributed by atoms with van der Waals surface area (Å²) in [5.41, 5.74) is 1.10. The van der Waals surface area contributed by atoms with E-state index in [1.165, 1.54) is 11.3 Å². The van der Waals surface area contributed by atoms with Gasteiger partial charge in [-0.2, -0.15) is 0 Å². The Kier molecular flexibility index (Phi) is 6.93. The molecular formula is C13H23N3OS. The van der Waals surface area contributed by atoms with Gasteiger partial charge < -0.3 is 15.5 Å². The second-order valence-corrected chi connectivity index (χ2v) is 5.43. The first kappa shape index (κ1) is 15.1. The van der Waals surface area contributed by atoms with Gasteiger partial charge in [0.25, 0.3) is 5.91 Å². The van der Waals surface area contributed by atoms with E-state index in [2.05, 4.69) is 22.5 Å². The topological polar surface area (TPSA) is 44.4 Å². The van der Waals surface area contributed by atoms with Crippen LogP contribution in [0.2, 0.25) is 0 Å². The molecule has 0 radical (unpaired) electrons. The summed E-state index contributed by atoms with van der Waals surface area (Å²) < 4.78 is 0. The highest BCUT2D eigenvalue weighted by Crippen LogP contribution is 2.17. The summed E-state index contributed by atoms with van der Waals surface area (Å²) in [6, 6.07) is 2.02. The molecule has 0 aliphatic rings. The van der Waals surface area contributed by atoms with Crippen LogP contribution in [0.25, 0.3) is 0 Å². The molecule has 0 unspecified atom stereocenters. The highest BCUT2D eigenvalue weighted by Gasteiger charge is 2.12. The molecule has 1 heterocycles. The molecule has 1 aromatic rings. The lowest BCUT2D eigenvalue weighted by atomic mass is 10.2. The second-order valence-electron chi connectivity index (χ2n) is 4.52. The van der Waals surface area contributed by atoms with Crippen LogP contribution in [-0.4, -0.2) is 44.5 Å². The smallest absolute Gasteiger partial charge is 0.261 e. The Morgan fingerprint density at radius 3 is 2.78 bits per heavy atom. The van der Waals surface area contributed by atoms with Crippen molar-refractivity contribution in [3.05, 3.63) is 21.9 Å². The third-order valence-electron chi connectivity index (χ3n) is 2.45. The van der Waals surface area contributed by atoms with E-state index in [-0.39, 0.29) is 5.91 Å². The number of hydrogen-bond acceptors (Lipinski definition) is 4. The standard InChI is InChI=1S/C13H23N3OS/c1-4-6-14-7-8-15-13(17)12-11(5-9-18-12)10-16(2)3/h5,9,14H,4,6-8,10H2,1-3H3,(H,15,17). The average Bonchev–Trinajstić information content (AvgIpc) is 2.76. The van der Waals surface area contributed by atoms with Gasteiger partial charge in [-0.15, -0.1) is 11.3 Å². The Morgan fingerprint density at radius 1 is 1.33 bits per heavy atom. The summed E-state index contributed by atoms with van der Waals surface area (Å²) in [6.45, 7) is 5.44. The fourth-order valence-electron chi connectivity index (χ4n) is 1.65. The van der Waals surface area contributed by atoms with Crippen LogP contribution in [-0.2, 0) is 6.54 Å². The number of rotatable bonds is 8. The van der Waals surface area contributed by atoms with Gasteiger partial charge in [0.2, 0.25) is 0 Å². The highest BCUT2D eigenvalue weighted by atomic mass is 32.1. The Balaban J connectivity index is 2.39. The van der Waals surface area contributed by atoms with E-state index in [1.807, 2.05) is 25.5 Å². The maximum absolute atomic E-state index is 12.0. The van der Waals surface area contributed by atoms with Crippen LogP contribution in [0.15, 0.2) is 11.4 Å². The monoisotopic (exact) mass is 269 g/mol. The molecule has 0 saturated heterocycles. The van der Waals surface area contributed by atoms with E-state index < -0.39 is 0 Å². The average molecular weight is 269 g/mol. The van der Waals surface area contributed by atoms with E-state index in [4.69, 9.17) is 0 Å². The fourth-order valence-corrected chi connectivity index (χ4v) is 2.48. The number of carbonyl (C=O) groups excluding carboxylic acids is 1. The van der Waals surface area contributed by atoms with Gasteiger partial charge in [-0.1, -0.05) is 6.92 Å². The van der Waals surface area contributed by atoms with E-state index in [9.17, 15) is 4.79 Å². The molecule has 0 bridgehead atoms. The van der Waals surface area contributed by atoms with Crippen molar-refractivity contribution in [2.45, 2.75) is 19.9 Å². The van der Waals surface area contributed by atoms with Gasteiger partial charge in [0, 0.05) is 19.6 Å². The van der Waals surface area contributed by atoms with Gasteiger partial charge >= 0.3 is 0 Å². The highest BCUT2D eigenvalue weighted by molar-refractivity contribution is 7.12. The summed E-state index contributed by atoms with van der Waals surface area (Å²) in [4.78, 5) is 14.9. The SMILES string of the molecule is CCCNCCNC(=O)c1sccc1CN(C)C. The summed E-state index contributed by atoms with van der Waals surface area (Å²) in [5.74, 6) is 0.0418. The molecule has 2 N–H and O–H groups in total. The number of thiophene rings is 1. The van der Waals surface area contributed by atoms with E-state index >= 15 is 0 Å². The third kappa shape index (κ3) is 5.16. The van der Waals surface area contributed by atoms with Crippen molar-refractivity contribution in [1.82, 2.24) is 15.5 Å². The summed E-state index contributed by atoms with van der Waals surface area (Å²) >= 11 is 1.51. The molecule has 0 spiro atoms. The van der Waals surface area contributed by atoms with Crippen LogP contribution < -0.4 is 10.6 Å². The second kappa shape index (κ2) is 8.24. The maximum Gasteiger partial charge on any atom is 0.261 e. The molecule has 0 fully saturated rings. The zero-order chi connectivity index (χ0) is 13.4. The molecule has 5 heteroatoms. The molecule has 4 nitrogen and oxygen atoms in total. The van der Waals surface area contributed by atoms with Crippen molar-refractivity contribution in [2.24, 2.45) is 0 Å². The van der Waals surface area contributed by atoms with Crippen molar-refractivity contribution >= 4 is 17.2 Å². The van der Waals surface area contributed by atoms with E-state index in [0.29, 0.717) is 6.54 Å². The first-order valence-electron chi connectivity index (χ1n) is 6.35. The molecule has 0 atom stereocenters. The lowest BCUT2D eigenvalue weighted by Crippen LogP contribution is -2.32. The fraction of sp³-hybridized carbons (Fsp3) is 0.615. The number of hydrogen-bond donors (Lipinski definition) is 2. The van der Waals surface area contributed by atoms with Crippen molar-refractivity contribution in [1.29, 1.82) is 0 Å². The summed E-state index contributed by atoms with van der Waals surface area (Å²) in [5, 5.41) is 8.19. The summed E-state index contributed by atoms with van der Waals surface area (Å²) in [7, 11) is 4.02. The first-order chi connectivity index (χ1) is 8.65. The van der Waals surface area contributed by atoms with Crippen LogP contribution >= 0.6 is 11.3 Å². The van der Waals surface area contributed by atoms with Crippen molar-refractivity contribution < 1.29 is 4.79 Å². The Labute approximate surface area is 113 Å². The van der Waals surface area contributed by atoms with Gasteiger partial charge in [-0.05, 0) is 44.1 Å². The van der Waals surface area contributed by atoms with E-state index in [0.717, 1.165) is 36.5 Å². The normalized spacial score (nSPS) is 10.9. The quantitative estimate of drug-likeness (QED) is 0.704. The van der Waals surface area contributed by atoms with Gasteiger partial charge in [0.1, 0.15) is 0 Å². The van der Waals surface area contributed by atoms with Gasteiger partial charge in [0.05, 0.1) is 4.88 Å².